The lowest BCUT2D eigenvalue weighted by Gasteiger charge is -2.39. The molecule has 0 aliphatic carbocycles. The zero-order valence-corrected chi connectivity index (χ0v) is 21.8. The van der Waals surface area contributed by atoms with Gasteiger partial charge in [-0.1, -0.05) is 38.8 Å². The van der Waals surface area contributed by atoms with E-state index in [2.05, 4.69) is 34.4 Å². The number of sulfone groups is 1. The minimum Gasteiger partial charge on any atom is -0.379 e. The fraction of sp³-hybridized carbons (Fsp3) is 0.667. The van der Waals surface area contributed by atoms with Crippen LogP contribution in [0.4, 0.5) is 4.39 Å². The number of benzene rings is 1. The minimum atomic E-state index is -3.71. The van der Waals surface area contributed by atoms with Crippen LogP contribution >= 0.6 is 24.0 Å². The Hall–Kier alpha value is -0.980. The van der Waals surface area contributed by atoms with Crippen molar-refractivity contribution in [1.82, 2.24) is 15.5 Å². The number of rotatable bonds is 10. The molecule has 31 heavy (non-hydrogen) atoms. The molecule has 1 saturated heterocycles. The lowest BCUT2D eigenvalue weighted by molar-refractivity contribution is 0.00272. The molecular weight excluding hydrogens is 534 g/mol. The fourth-order valence-electron chi connectivity index (χ4n) is 3.87. The van der Waals surface area contributed by atoms with E-state index in [-0.39, 0.29) is 41.2 Å². The van der Waals surface area contributed by atoms with E-state index < -0.39 is 15.7 Å². The molecular formula is C21H36FIN4O3S. The second kappa shape index (κ2) is 14.2. The molecule has 0 amide bonds. The summed E-state index contributed by atoms with van der Waals surface area (Å²) in [5.41, 5.74) is 0. The van der Waals surface area contributed by atoms with Crippen LogP contribution in [0.1, 0.15) is 26.7 Å². The Kier molecular flexibility index (Phi) is 12.9. The number of hydrogen-bond acceptors (Lipinski definition) is 5. The number of morpholine rings is 1. The molecule has 1 atom stereocenters. The third-order valence-electron chi connectivity index (χ3n) is 5.64. The summed E-state index contributed by atoms with van der Waals surface area (Å²) < 4.78 is 44.1. The third-order valence-corrected chi connectivity index (χ3v) is 7.39. The van der Waals surface area contributed by atoms with Crippen molar-refractivity contribution in [1.29, 1.82) is 0 Å². The average molecular weight is 571 g/mol. The van der Waals surface area contributed by atoms with Crippen LogP contribution in [0.15, 0.2) is 34.2 Å². The van der Waals surface area contributed by atoms with Gasteiger partial charge in [-0.2, -0.15) is 0 Å². The van der Waals surface area contributed by atoms with Crippen molar-refractivity contribution < 1.29 is 17.5 Å². The van der Waals surface area contributed by atoms with Crippen LogP contribution in [0.5, 0.6) is 0 Å². The summed E-state index contributed by atoms with van der Waals surface area (Å²) in [4.78, 5) is 6.40. The molecule has 0 saturated carbocycles. The molecule has 0 bridgehead atoms. The molecule has 1 aromatic carbocycles. The summed E-state index contributed by atoms with van der Waals surface area (Å²) in [6, 6.07) is 5.80. The first-order valence-corrected chi connectivity index (χ1v) is 12.3. The van der Waals surface area contributed by atoms with E-state index in [1.807, 2.05) is 0 Å². The van der Waals surface area contributed by atoms with Gasteiger partial charge in [0.1, 0.15) is 10.7 Å². The Morgan fingerprint density at radius 2 is 1.84 bits per heavy atom. The van der Waals surface area contributed by atoms with Crippen LogP contribution in [0.2, 0.25) is 0 Å². The van der Waals surface area contributed by atoms with Crippen LogP contribution in [0, 0.1) is 11.7 Å². The van der Waals surface area contributed by atoms with Crippen molar-refractivity contribution in [2.24, 2.45) is 10.9 Å². The third kappa shape index (κ3) is 8.47. The van der Waals surface area contributed by atoms with Crippen molar-refractivity contribution in [2.45, 2.75) is 37.6 Å². The second-order valence-corrected chi connectivity index (χ2v) is 9.50. The van der Waals surface area contributed by atoms with E-state index in [0.717, 1.165) is 45.2 Å². The highest BCUT2D eigenvalue weighted by Crippen LogP contribution is 2.19. The number of aliphatic imine (C=N–C) groups is 1. The Bertz CT molecular complexity index is 785. The minimum absolute atomic E-state index is 0. The molecule has 2 rings (SSSR count). The largest absolute Gasteiger partial charge is 0.379 e. The van der Waals surface area contributed by atoms with Gasteiger partial charge in [0.05, 0.1) is 19.0 Å². The van der Waals surface area contributed by atoms with E-state index in [1.54, 1.807) is 7.05 Å². The monoisotopic (exact) mass is 570 g/mol. The normalized spacial score (nSPS) is 16.6. The summed E-state index contributed by atoms with van der Waals surface area (Å²) in [5.74, 6) is 0.158. The van der Waals surface area contributed by atoms with Crippen molar-refractivity contribution in [3.8, 4) is 0 Å². The maximum atomic E-state index is 13.8. The smallest absolute Gasteiger partial charge is 0.191 e. The van der Waals surface area contributed by atoms with Gasteiger partial charge in [-0.15, -0.1) is 24.0 Å². The maximum Gasteiger partial charge on any atom is 0.191 e. The van der Waals surface area contributed by atoms with Crippen molar-refractivity contribution in [2.75, 3.05) is 52.2 Å². The number of guanidine groups is 1. The number of halogens is 2. The standard InChI is InChI=1S/C21H35FN4O3S.HI/c1-4-17(5-2)19(26-11-13-29-14-12-26)16-25-21(23-3)24-10-15-30(27,28)20-9-7-6-8-18(20)22;/h6-9,17,19H,4-5,10-16H2,1-3H3,(H2,23,24,25);1H. The molecule has 7 nitrogen and oxygen atoms in total. The van der Waals surface area contributed by atoms with Crippen molar-refractivity contribution in [3.05, 3.63) is 30.1 Å². The molecule has 1 fully saturated rings. The molecule has 178 valence electrons. The van der Waals surface area contributed by atoms with Crippen LogP contribution in [0.3, 0.4) is 0 Å². The Morgan fingerprint density at radius 3 is 2.42 bits per heavy atom. The van der Waals surface area contributed by atoms with Crippen LogP contribution in [0.25, 0.3) is 0 Å². The van der Waals surface area contributed by atoms with Gasteiger partial charge in [-0.25, -0.2) is 12.8 Å². The Labute approximate surface area is 203 Å². The van der Waals surface area contributed by atoms with Crippen LogP contribution in [-0.2, 0) is 14.6 Å². The molecule has 0 spiro atoms. The van der Waals surface area contributed by atoms with Gasteiger partial charge in [-0.05, 0) is 18.1 Å². The van der Waals surface area contributed by atoms with Gasteiger partial charge < -0.3 is 15.4 Å². The topological polar surface area (TPSA) is 83.0 Å². The maximum absolute atomic E-state index is 13.8. The molecule has 10 heteroatoms. The second-order valence-electron chi connectivity index (χ2n) is 7.42. The zero-order valence-electron chi connectivity index (χ0n) is 18.6. The average Bonchev–Trinajstić information content (AvgIpc) is 2.76. The first-order valence-electron chi connectivity index (χ1n) is 10.7. The van der Waals surface area contributed by atoms with Gasteiger partial charge in [-0.3, -0.25) is 9.89 Å². The zero-order chi connectivity index (χ0) is 22.0. The SMILES string of the molecule is CCC(CC)C(CNC(=NC)NCCS(=O)(=O)c1ccccc1F)N1CCOCC1.I. The van der Waals surface area contributed by atoms with Crippen LogP contribution < -0.4 is 10.6 Å². The summed E-state index contributed by atoms with van der Waals surface area (Å²) in [6.45, 7) is 8.60. The predicted molar refractivity (Wildman–Crippen MR) is 133 cm³/mol. The van der Waals surface area contributed by atoms with Gasteiger partial charge >= 0.3 is 0 Å². The highest BCUT2D eigenvalue weighted by Gasteiger charge is 2.27. The quantitative estimate of drug-likeness (QED) is 0.256. The molecule has 1 heterocycles. The molecule has 0 radical (unpaired) electrons. The van der Waals surface area contributed by atoms with E-state index in [4.69, 9.17) is 4.74 Å². The number of nitrogens with zero attached hydrogens (tertiary/aromatic N) is 2. The van der Waals surface area contributed by atoms with Crippen molar-refractivity contribution >= 4 is 39.8 Å². The highest BCUT2D eigenvalue weighted by molar-refractivity contribution is 14.0. The van der Waals surface area contributed by atoms with Gasteiger partial charge in [0.15, 0.2) is 15.8 Å². The molecule has 1 unspecified atom stereocenters. The lowest BCUT2D eigenvalue weighted by Crippen LogP contribution is -2.53. The molecule has 1 aliphatic heterocycles. The van der Waals surface area contributed by atoms with E-state index in [0.29, 0.717) is 24.5 Å². The molecule has 1 aliphatic rings. The summed E-state index contributed by atoms with van der Waals surface area (Å²) in [6.07, 6.45) is 2.18. The molecule has 1 aromatic rings. The first kappa shape index (κ1) is 28.1. The van der Waals surface area contributed by atoms with Gasteiger partial charge in [0, 0.05) is 39.3 Å². The summed E-state index contributed by atoms with van der Waals surface area (Å²) in [5, 5.41) is 6.38. The highest BCUT2D eigenvalue weighted by atomic mass is 127. The van der Waals surface area contributed by atoms with Gasteiger partial charge in [0.25, 0.3) is 0 Å². The van der Waals surface area contributed by atoms with E-state index in [1.165, 1.54) is 18.2 Å². The Balaban J connectivity index is 0.00000480. The van der Waals surface area contributed by atoms with Crippen molar-refractivity contribution in [3.63, 3.8) is 0 Å². The predicted octanol–water partition coefficient (Wildman–Crippen LogP) is 2.52. The molecule has 2 N–H and O–H groups in total. The number of hydrogen-bond donors (Lipinski definition) is 2. The fourth-order valence-corrected chi connectivity index (χ4v) is 5.11. The number of ether oxygens (including phenoxy) is 1. The van der Waals surface area contributed by atoms with Gasteiger partial charge in [0.2, 0.25) is 0 Å². The first-order chi connectivity index (χ1) is 14.4. The summed E-state index contributed by atoms with van der Waals surface area (Å²) >= 11 is 0. The van der Waals surface area contributed by atoms with Crippen LogP contribution in [-0.4, -0.2) is 77.5 Å². The molecule has 0 aromatic heterocycles. The number of nitrogens with one attached hydrogen (secondary N) is 2. The lowest BCUT2D eigenvalue weighted by atomic mass is 9.92. The Morgan fingerprint density at radius 1 is 1.19 bits per heavy atom. The summed E-state index contributed by atoms with van der Waals surface area (Å²) in [7, 11) is -2.05. The van der Waals surface area contributed by atoms with E-state index in [9.17, 15) is 12.8 Å². The van der Waals surface area contributed by atoms with E-state index >= 15 is 0 Å².